The number of carbonyl (C=O) groups excluding carboxylic acids is 1. The normalized spacial score (nSPS) is 13.7. The summed E-state index contributed by atoms with van der Waals surface area (Å²) < 4.78 is 34.7. The number of halogens is 3. The number of nitrogens with zero attached hydrogens (tertiary/aromatic N) is 2. The molecule has 0 saturated carbocycles. The zero-order valence-corrected chi connectivity index (χ0v) is 21.0. The summed E-state index contributed by atoms with van der Waals surface area (Å²) in [6.07, 6.45) is 2.10. The fraction of sp³-hybridized carbons (Fsp3) is 0.391. The van der Waals surface area contributed by atoms with Crippen LogP contribution < -0.4 is 25.0 Å². The van der Waals surface area contributed by atoms with Gasteiger partial charge in [-0.1, -0.05) is 18.2 Å². The SMILES string of the molecule is CN=C(NCCc1ccc(OC)c(OC(F)F)c1)NCc1ccc(N2CCCC2=O)cc1.I. The molecule has 1 amide bonds. The number of alkyl halides is 2. The Hall–Kier alpha value is -2.63. The van der Waals surface area contributed by atoms with Crippen LogP contribution in [0.4, 0.5) is 14.5 Å². The van der Waals surface area contributed by atoms with Gasteiger partial charge < -0.3 is 25.0 Å². The smallest absolute Gasteiger partial charge is 0.387 e. The molecule has 33 heavy (non-hydrogen) atoms. The molecule has 0 radical (unpaired) electrons. The number of benzene rings is 2. The maximum atomic E-state index is 12.6. The van der Waals surface area contributed by atoms with E-state index in [1.54, 1.807) is 19.2 Å². The molecule has 0 aliphatic carbocycles. The van der Waals surface area contributed by atoms with Crippen molar-refractivity contribution in [3.63, 3.8) is 0 Å². The van der Waals surface area contributed by atoms with Gasteiger partial charge >= 0.3 is 6.61 Å². The molecule has 2 aromatic carbocycles. The van der Waals surface area contributed by atoms with Crippen molar-refractivity contribution in [2.24, 2.45) is 4.99 Å². The van der Waals surface area contributed by atoms with Gasteiger partial charge in [-0.2, -0.15) is 8.78 Å². The number of carbonyl (C=O) groups is 1. The van der Waals surface area contributed by atoms with Gasteiger partial charge in [-0.3, -0.25) is 9.79 Å². The Balaban J connectivity index is 0.00000385. The number of amides is 1. The molecule has 3 rings (SSSR count). The van der Waals surface area contributed by atoms with E-state index in [0.717, 1.165) is 29.8 Å². The Bertz CT molecular complexity index is 942. The van der Waals surface area contributed by atoms with Crippen molar-refractivity contribution in [2.45, 2.75) is 32.4 Å². The monoisotopic (exact) mass is 574 g/mol. The third-order valence-electron chi connectivity index (χ3n) is 5.16. The average molecular weight is 574 g/mol. The van der Waals surface area contributed by atoms with Crippen LogP contribution >= 0.6 is 24.0 Å². The molecular formula is C23H29F2IN4O3. The molecule has 0 bridgehead atoms. The highest BCUT2D eigenvalue weighted by molar-refractivity contribution is 14.0. The number of aliphatic imine (C=N–C) groups is 1. The molecule has 180 valence electrons. The van der Waals surface area contributed by atoms with Gasteiger partial charge in [0, 0.05) is 38.8 Å². The maximum absolute atomic E-state index is 12.6. The summed E-state index contributed by atoms with van der Waals surface area (Å²) >= 11 is 0. The van der Waals surface area contributed by atoms with Crippen molar-refractivity contribution < 1.29 is 23.0 Å². The highest BCUT2D eigenvalue weighted by Gasteiger charge is 2.21. The topological polar surface area (TPSA) is 75.2 Å². The van der Waals surface area contributed by atoms with Gasteiger partial charge in [0.2, 0.25) is 5.91 Å². The van der Waals surface area contributed by atoms with E-state index in [0.29, 0.717) is 31.9 Å². The van der Waals surface area contributed by atoms with Crippen LogP contribution in [-0.2, 0) is 17.8 Å². The summed E-state index contributed by atoms with van der Waals surface area (Å²) in [5.41, 5.74) is 2.82. The van der Waals surface area contributed by atoms with Crippen LogP contribution in [0.3, 0.4) is 0 Å². The number of rotatable bonds is 9. The van der Waals surface area contributed by atoms with Crippen molar-refractivity contribution in [2.75, 3.05) is 32.1 Å². The van der Waals surface area contributed by atoms with Crippen LogP contribution in [0, 0.1) is 0 Å². The molecule has 10 heteroatoms. The van der Waals surface area contributed by atoms with E-state index in [1.165, 1.54) is 7.11 Å². The van der Waals surface area contributed by atoms with E-state index in [4.69, 9.17) is 4.74 Å². The molecular weight excluding hydrogens is 545 g/mol. The van der Waals surface area contributed by atoms with Crippen LogP contribution in [0.25, 0.3) is 0 Å². The Morgan fingerprint density at radius 1 is 1.12 bits per heavy atom. The molecule has 0 atom stereocenters. The molecule has 1 fully saturated rings. The maximum Gasteiger partial charge on any atom is 0.387 e. The zero-order chi connectivity index (χ0) is 22.9. The third-order valence-corrected chi connectivity index (χ3v) is 5.16. The minimum absolute atomic E-state index is 0. The molecule has 1 aliphatic heterocycles. The second-order valence-corrected chi connectivity index (χ2v) is 7.28. The number of guanidine groups is 1. The molecule has 7 nitrogen and oxygen atoms in total. The van der Waals surface area contributed by atoms with Gasteiger partial charge in [-0.15, -0.1) is 24.0 Å². The lowest BCUT2D eigenvalue weighted by Gasteiger charge is -2.16. The van der Waals surface area contributed by atoms with E-state index >= 15 is 0 Å². The van der Waals surface area contributed by atoms with Gasteiger partial charge in [0.15, 0.2) is 17.5 Å². The van der Waals surface area contributed by atoms with Gasteiger partial charge in [-0.25, -0.2) is 0 Å². The highest BCUT2D eigenvalue weighted by atomic mass is 127. The first kappa shape index (κ1) is 26.6. The summed E-state index contributed by atoms with van der Waals surface area (Å²) in [4.78, 5) is 17.9. The van der Waals surface area contributed by atoms with Crippen molar-refractivity contribution in [1.82, 2.24) is 10.6 Å². The summed E-state index contributed by atoms with van der Waals surface area (Å²) in [5, 5.41) is 6.44. The van der Waals surface area contributed by atoms with Crippen LogP contribution in [0.5, 0.6) is 11.5 Å². The molecule has 0 aromatic heterocycles. The fourth-order valence-electron chi connectivity index (χ4n) is 3.51. The number of hydrogen-bond acceptors (Lipinski definition) is 4. The van der Waals surface area contributed by atoms with Gasteiger partial charge in [0.25, 0.3) is 0 Å². The van der Waals surface area contributed by atoms with E-state index in [9.17, 15) is 13.6 Å². The standard InChI is InChI=1S/C23H28F2N4O3.HI/c1-26-23(27-12-11-16-7-10-19(31-2)20(14-16)32-22(24)25)28-15-17-5-8-18(9-6-17)29-13-3-4-21(29)30;/h5-10,14,22H,3-4,11-13,15H2,1-2H3,(H2,26,27,28);1H. The second kappa shape index (κ2) is 13.2. The first-order valence-electron chi connectivity index (χ1n) is 10.5. The summed E-state index contributed by atoms with van der Waals surface area (Å²) in [6.45, 7) is -1.01. The highest BCUT2D eigenvalue weighted by Crippen LogP contribution is 2.29. The third kappa shape index (κ3) is 7.72. The predicted molar refractivity (Wildman–Crippen MR) is 135 cm³/mol. The number of anilines is 1. The van der Waals surface area contributed by atoms with Crippen molar-refractivity contribution in [3.8, 4) is 11.5 Å². The van der Waals surface area contributed by atoms with Gasteiger partial charge in [0.05, 0.1) is 7.11 Å². The number of hydrogen-bond donors (Lipinski definition) is 2. The summed E-state index contributed by atoms with van der Waals surface area (Å²) in [6, 6.07) is 12.9. The van der Waals surface area contributed by atoms with Gasteiger partial charge in [0.1, 0.15) is 0 Å². The molecule has 0 spiro atoms. The summed E-state index contributed by atoms with van der Waals surface area (Å²) in [5.74, 6) is 1.08. The summed E-state index contributed by atoms with van der Waals surface area (Å²) in [7, 11) is 3.09. The first-order valence-corrected chi connectivity index (χ1v) is 10.5. The van der Waals surface area contributed by atoms with E-state index in [1.807, 2.05) is 35.2 Å². The molecule has 1 heterocycles. The van der Waals surface area contributed by atoms with Crippen molar-refractivity contribution >= 4 is 41.5 Å². The Labute approximate surface area is 209 Å². The molecule has 1 saturated heterocycles. The predicted octanol–water partition coefficient (Wildman–Crippen LogP) is 3.95. The van der Waals surface area contributed by atoms with E-state index < -0.39 is 6.61 Å². The quantitative estimate of drug-likeness (QED) is 0.270. The van der Waals surface area contributed by atoms with Crippen LogP contribution in [0.15, 0.2) is 47.5 Å². The lowest BCUT2D eigenvalue weighted by atomic mass is 10.1. The fourth-order valence-corrected chi connectivity index (χ4v) is 3.51. The minimum atomic E-state index is -2.91. The minimum Gasteiger partial charge on any atom is -0.493 e. The number of nitrogens with one attached hydrogen (secondary N) is 2. The average Bonchev–Trinajstić information content (AvgIpc) is 3.22. The lowest BCUT2D eigenvalue weighted by Crippen LogP contribution is -2.37. The molecule has 2 N–H and O–H groups in total. The molecule has 0 unspecified atom stereocenters. The number of methoxy groups -OCH3 is 1. The van der Waals surface area contributed by atoms with Crippen LogP contribution in [-0.4, -0.2) is 45.7 Å². The van der Waals surface area contributed by atoms with E-state index in [-0.39, 0.29) is 41.4 Å². The van der Waals surface area contributed by atoms with Crippen LogP contribution in [0.2, 0.25) is 0 Å². The zero-order valence-electron chi connectivity index (χ0n) is 18.6. The van der Waals surface area contributed by atoms with Crippen molar-refractivity contribution in [1.29, 1.82) is 0 Å². The lowest BCUT2D eigenvalue weighted by molar-refractivity contribution is -0.117. The Morgan fingerprint density at radius 2 is 1.85 bits per heavy atom. The first-order chi connectivity index (χ1) is 15.5. The van der Waals surface area contributed by atoms with E-state index in [2.05, 4.69) is 20.4 Å². The van der Waals surface area contributed by atoms with Crippen LogP contribution in [0.1, 0.15) is 24.0 Å². The Kier molecular flexibility index (Phi) is 10.6. The molecule has 2 aromatic rings. The van der Waals surface area contributed by atoms with Gasteiger partial charge in [-0.05, 0) is 48.2 Å². The second-order valence-electron chi connectivity index (χ2n) is 7.28. The number of ether oxygens (including phenoxy) is 2. The van der Waals surface area contributed by atoms with Crippen molar-refractivity contribution in [3.05, 3.63) is 53.6 Å². The Morgan fingerprint density at radius 3 is 2.45 bits per heavy atom. The molecule has 1 aliphatic rings. The largest absolute Gasteiger partial charge is 0.493 e.